The number of fused-ring (bicyclic) bond motifs is 1. The first-order valence-electron chi connectivity index (χ1n) is 9.87. The Morgan fingerprint density at radius 3 is 2.69 bits per heavy atom. The molecule has 2 aliphatic rings. The van der Waals surface area contributed by atoms with Crippen molar-refractivity contribution < 1.29 is 14.1 Å². The van der Waals surface area contributed by atoms with Gasteiger partial charge in [-0.2, -0.15) is 0 Å². The van der Waals surface area contributed by atoms with Crippen LogP contribution in [-0.2, 0) is 0 Å². The van der Waals surface area contributed by atoms with Crippen molar-refractivity contribution in [2.24, 2.45) is 0 Å². The molecule has 4 heterocycles. The monoisotopic (exact) mass is 391 g/mol. The number of hydrogen-bond donors (Lipinski definition) is 1. The molecular weight excluding hydrogens is 370 g/mol. The highest BCUT2D eigenvalue weighted by atomic mass is 16.5. The lowest BCUT2D eigenvalue weighted by Gasteiger charge is -2.16. The van der Waals surface area contributed by atoms with E-state index in [-0.39, 0.29) is 17.7 Å². The number of hydrogen-bond acceptors (Lipinski definition) is 6. The molecule has 1 unspecified atom stereocenters. The van der Waals surface area contributed by atoms with E-state index in [0.717, 1.165) is 25.0 Å². The minimum Gasteiger partial charge on any atom is -0.355 e. The summed E-state index contributed by atoms with van der Waals surface area (Å²) < 4.78 is 5.54. The van der Waals surface area contributed by atoms with E-state index in [1.807, 2.05) is 11.0 Å². The largest absolute Gasteiger partial charge is 0.355 e. The van der Waals surface area contributed by atoms with Crippen LogP contribution < -0.4 is 5.32 Å². The van der Waals surface area contributed by atoms with Crippen LogP contribution in [0.25, 0.3) is 11.1 Å². The zero-order valence-electron chi connectivity index (χ0n) is 16.1. The summed E-state index contributed by atoms with van der Waals surface area (Å²) >= 11 is 0. The molecule has 5 rings (SSSR count). The third kappa shape index (κ3) is 3.14. The van der Waals surface area contributed by atoms with Crippen molar-refractivity contribution in [2.45, 2.75) is 31.1 Å². The minimum absolute atomic E-state index is 0.000909. The Morgan fingerprint density at radius 2 is 1.97 bits per heavy atom. The van der Waals surface area contributed by atoms with E-state index in [4.69, 9.17) is 4.52 Å². The molecule has 29 heavy (non-hydrogen) atoms. The van der Waals surface area contributed by atoms with E-state index in [0.29, 0.717) is 46.9 Å². The van der Waals surface area contributed by atoms with Gasteiger partial charge in [0.25, 0.3) is 17.5 Å². The maximum absolute atomic E-state index is 12.8. The normalized spacial score (nSPS) is 18.9. The summed E-state index contributed by atoms with van der Waals surface area (Å²) in [6.07, 6.45) is 6.16. The lowest BCUT2D eigenvalue weighted by molar-refractivity contribution is 0.0790. The molecule has 1 aliphatic heterocycles. The highest BCUT2D eigenvalue weighted by Gasteiger charge is 2.34. The van der Waals surface area contributed by atoms with Gasteiger partial charge in [-0.1, -0.05) is 5.16 Å². The Labute approximate surface area is 167 Å². The quantitative estimate of drug-likeness (QED) is 0.733. The molecule has 8 heteroatoms. The Morgan fingerprint density at radius 1 is 1.17 bits per heavy atom. The van der Waals surface area contributed by atoms with E-state index in [2.05, 4.69) is 20.4 Å². The number of aromatic nitrogens is 3. The van der Waals surface area contributed by atoms with Crippen LogP contribution in [0.2, 0.25) is 0 Å². The lowest BCUT2D eigenvalue weighted by atomic mass is 9.98. The van der Waals surface area contributed by atoms with E-state index >= 15 is 0 Å². The van der Waals surface area contributed by atoms with Crippen LogP contribution >= 0.6 is 0 Å². The van der Waals surface area contributed by atoms with Gasteiger partial charge in [-0.25, -0.2) is 4.98 Å². The third-order valence-electron chi connectivity index (χ3n) is 5.75. The lowest BCUT2D eigenvalue weighted by Crippen LogP contribution is -2.28. The van der Waals surface area contributed by atoms with Crippen molar-refractivity contribution in [2.75, 3.05) is 20.1 Å². The highest BCUT2D eigenvalue weighted by Crippen LogP contribution is 2.41. The molecule has 1 N–H and O–H groups in total. The van der Waals surface area contributed by atoms with Crippen molar-refractivity contribution in [3.63, 3.8) is 0 Å². The second-order valence-corrected chi connectivity index (χ2v) is 7.67. The van der Waals surface area contributed by atoms with Gasteiger partial charge in [0, 0.05) is 55.6 Å². The topological polar surface area (TPSA) is 101 Å². The molecule has 1 aliphatic carbocycles. The van der Waals surface area contributed by atoms with Gasteiger partial charge in [-0.3, -0.25) is 14.6 Å². The Balaban J connectivity index is 1.48. The average Bonchev–Trinajstić information content (AvgIpc) is 3.35. The highest BCUT2D eigenvalue weighted by molar-refractivity contribution is 6.06. The van der Waals surface area contributed by atoms with Crippen molar-refractivity contribution >= 4 is 22.9 Å². The Bertz CT molecular complexity index is 1090. The standard InChI is InChI=1S/C21H21N5O3/c1-22-19(27)15-10-16(12-2-3-12)24-20-17(15)18(25-29-20)14-6-9-26(11-14)21(28)13-4-7-23-8-5-13/h4-5,7-8,10,12,14H,2-3,6,9,11H2,1H3,(H,22,27). The van der Waals surface area contributed by atoms with E-state index in [1.165, 1.54) is 0 Å². The first kappa shape index (κ1) is 17.8. The van der Waals surface area contributed by atoms with E-state index in [9.17, 15) is 9.59 Å². The van der Waals surface area contributed by atoms with Gasteiger partial charge in [-0.05, 0) is 37.5 Å². The summed E-state index contributed by atoms with van der Waals surface area (Å²) in [6.45, 7) is 1.16. The number of amides is 2. The molecule has 0 spiro atoms. The summed E-state index contributed by atoms with van der Waals surface area (Å²) in [6, 6.07) is 5.30. The van der Waals surface area contributed by atoms with Gasteiger partial charge in [0.1, 0.15) is 0 Å². The number of nitrogens with one attached hydrogen (secondary N) is 1. The summed E-state index contributed by atoms with van der Waals surface area (Å²) in [5.41, 5.74) is 3.17. The van der Waals surface area contributed by atoms with Gasteiger partial charge in [-0.15, -0.1) is 0 Å². The number of carbonyl (C=O) groups is 2. The van der Waals surface area contributed by atoms with Gasteiger partial charge in [0.15, 0.2) is 0 Å². The van der Waals surface area contributed by atoms with E-state index < -0.39 is 0 Å². The summed E-state index contributed by atoms with van der Waals surface area (Å²) in [4.78, 5) is 35.7. The second-order valence-electron chi connectivity index (χ2n) is 7.67. The molecule has 0 bridgehead atoms. The molecule has 1 saturated carbocycles. The van der Waals surface area contributed by atoms with Crippen molar-refractivity contribution in [1.82, 2.24) is 25.3 Å². The van der Waals surface area contributed by atoms with Gasteiger partial charge < -0.3 is 14.7 Å². The first-order valence-corrected chi connectivity index (χ1v) is 9.87. The molecular formula is C21H21N5O3. The van der Waals surface area contributed by atoms with Crippen LogP contribution in [0.15, 0.2) is 35.1 Å². The average molecular weight is 391 g/mol. The summed E-state index contributed by atoms with van der Waals surface area (Å²) in [5.74, 6) is 0.199. The molecule has 8 nitrogen and oxygen atoms in total. The number of pyridine rings is 2. The predicted molar refractivity (Wildman–Crippen MR) is 105 cm³/mol. The van der Waals surface area contributed by atoms with Crippen molar-refractivity contribution in [1.29, 1.82) is 0 Å². The Hall–Kier alpha value is -3.29. The number of likely N-dealkylation sites (tertiary alicyclic amines) is 1. The maximum Gasteiger partial charge on any atom is 0.259 e. The molecule has 0 aromatic carbocycles. The van der Waals surface area contributed by atoms with Crippen LogP contribution in [0.5, 0.6) is 0 Å². The number of carbonyl (C=O) groups excluding carboxylic acids is 2. The van der Waals surface area contributed by atoms with Gasteiger partial charge in [0.05, 0.1) is 16.6 Å². The molecule has 3 aromatic heterocycles. The van der Waals surface area contributed by atoms with Crippen LogP contribution in [0.1, 0.15) is 63.2 Å². The van der Waals surface area contributed by atoms with Crippen LogP contribution in [0, 0.1) is 0 Å². The fourth-order valence-corrected chi connectivity index (χ4v) is 4.02. The second kappa shape index (κ2) is 6.95. The molecule has 1 atom stereocenters. The maximum atomic E-state index is 12.8. The predicted octanol–water partition coefficient (Wildman–Crippen LogP) is 2.48. The molecule has 3 aromatic rings. The smallest absolute Gasteiger partial charge is 0.259 e. The molecule has 0 radical (unpaired) electrons. The summed E-state index contributed by atoms with van der Waals surface area (Å²) in [7, 11) is 1.61. The van der Waals surface area contributed by atoms with Crippen LogP contribution in [-0.4, -0.2) is 52.0 Å². The zero-order valence-corrected chi connectivity index (χ0v) is 16.1. The fraction of sp³-hybridized carbons (Fsp3) is 0.381. The third-order valence-corrected chi connectivity index (χ3v) is 5.75. The Kier molecular flexibility index (Phi) is 4.26. The molecule has 1 saturated heterocycles. The molecule has 148 valence electrons. The SMILES string of the molecule is CNC(=O)c1cc(C2CC2)nc2onc(C3CCN(C(=O)c4ccncc4)C3)c12. The fourth-order valence-electron chi connectivity index (χ4n) is 4.02. The van der Waals surface area contributed by atoms with E-state index in [1.54, 1.807) is 31.6 Å². The summed E-state index contributed by atoms with van der Waals surface area (Å²) in [5, 5.41) is 7.65. The van der Waals surface area contributed by atoms with Gasteiger partial charge in [0.2, 0.25) is 0 Å². The first-order chi connectivity index (χ1) is 14.2. The minimum atomic E-state index is -0.175. The van der Waals surface area contributed by atoms with Crippen molar-refractivity contribution in [3.8, 4) is 0 Å². The number of nitrogens with zero attached hydrogens (tertiary/aromatic N) is 4. The zero-order chi connectivity index (χ0) is 20.0. The number of rotatable bonds is 4. The van der Waals surface area contributed by atoms with Crippen LogP contribution in [0.4, 0.5) is 0 Å². The van der Waals surface area contributed by atoms with Crippen LogP contribution in [0.3, 0.4) is 0 Å². The molecule has 2 amide bonds. The molecule has 2 fully saturated rings. The van der Waals surface area contributed by atoms with Gasteiger partial charge >= 0.3 is 0 Å². The van der Waals surface area contributed by atoms with Crippen molar-refractivity contribution in [3.05, 3.63) is 53.1 Å².